The molecule has 0 spiro atoms. The summed E-state index contributed by atoms with van der Waals surface area (Å²) in [5.41, 5.74) is 0. The maximum atomic E-state index is 12.8. The second-order valence-electron chi connectivity index (χ2n) is 2.24. The smallest absolute Gasteiger partial charge is 0.207 e. The molecule has 0 unspecified atom stereocenters. The number of thioether (sulfide) groups is 2. The quantitative estimate of drug-likeness (QED) is 0.319. The van der Waals surface area contributed by atoms with Crippen LogP contribution in [-0.2, 0) is 0 Å². The molecule has 0 aromatic heterocycles. The monoisotopic (exact) mass is 226 g/mol. The first-order valence-corrected chi connectivity index (χ1v) is 5.74. The van der Waals surface area contributed by atoms with Gasteiger partial charge in [0, 0.05) is 4.90 Å². The van der Waals surface area contributed by atoms with Gasteiger partial charge in [0.05, 0.1) is 0 Å². The Balaban J connectivity index is 2.78. The fourth-order valence-corrected chi connectivity index (χ4v) is 2.14. The van der Waals surface area contributed by atoms with E-state index in [4.69, 9.17) is 5.26 Å². The zero-order chi connectivity index (χ0) is 10.4. The molecule has 0 bridgehead atoms. The normalized spacial score (nSPS) is 11.1. The lowest BCUT2D eigenvalue weighted by molar-refractivity contribution is 0.624. The SMILES string of the molecule is CSC(=NC#N)Sc1cccc(F)c1. The summed E-state index contributed by atoms with van der Waals surface area (Å²) in [4.78, 5) is 4.34. The minimum Gasteiger partial charge on any atom is -0.207 e. The Morgan fingerprint density at radius 3 is 2.93 bits per heavy atom. The van der Waals surface area contributed by atoms with Crippen LogP contribution >= 0.6 is 23.5 Å². The molecule has 1 aromatic carbocycles. The van der Waals surface area contributed by atoms with Crippen molar-refractivity contribution in [1.29, 1.82) is 5.26 Å². The topological polar surface area (TPSA) is 36.1 Å². The maximum absolute atomic E-state index is 12.8. The Kier molecular flexibility index (Phi) is 4.50. The first kappa shape index (κ1) is 11.1. The van der Waals surface area contributed by atoms with Crippen LogP contribution in [0.4, 0.5) is 4.39 Å². The molecule has 72 valence electrons. The number of hydrogen-bond donors (Lipinski definition) is 0. The molecule has 0 aliphatic heterocycles. The average Bonchev–Trinajstić information content (AvgIpc) is 2.17. The van der Waals surface area contributed by atoms with Crippen LogP contribution in [0.2, 0.25) is 0 Å². The van der Waals surface area contributed by atoms with Crippen LogP contribution in [0.15, 0.2) is 34.2 Å². The van der Waals surface area contributed by atoms with E-state index in [2.05, 4.69) is 4.99 Å². The lowest BCUT2D eigenvalue weighted by Crippen LogP contribution is -1.84. The Morgan fingerprint density at radius 1 is 1.57 bits per heavy atom. The summed E-state index contributed by atoms with van der Waals surface area (Å²) in [5.74, 6) is -0.285. The van der Waals surface area contributed by atoms with Crippen LogP contribution in [0.3, 0.4) is 0 Å². The van der Waals surface area contributed by atoms with Gasteiger partial charge < -0.3 is 0 Å². The number of rotatable bonds is 1. The maximum Gasteiger partial charge on any atom is 0.207 e. The number of nitriles is 1. The lowest BCUT2D eigenvalue weighted by atomic mass is 10.4. The summed E-state index contributed by atoms with van der Waals surface area (Å²) in [6.45, 7) is 0. The molecular formula is C9H7FN2S2. The van der Waals surface area contributed by atoms with Gasteiger partial charge in [0.2, 0.25) is 6.19 Å². The molecule has 0 aliphatic carbocycles. The highest BCUT2D eigenvalue weighted by Gasteiger charge is 2.01. The third kappa shape index (κ3) is 3.40. The number of halogens is 1. The molecule has 0 fully saturated rings. The van der Waals surface area contributed by atoms with Gasteiger partial charge in [-0.15, -0.1) is 11.8 Å². The number of nitrogens with zero attached hydrogens (tertiary/aromatic N) is 2. The minimum absolute atomic E-state index is 0.285. The number of aliphatic imine (C=N–C) groups is 1. The van der Waals surface area contributed by atoms with Crippen molar-refractivity contribution >= 4 is 27.9 Å². The van der Waals surface area contributed by atoms with Crippen molar-refractivity contribution in [3.05, 3.63) is 30.1 Å². The second-order valence-corrected chi connectivity index (χ2v) is 4.36. The molecule has 2 nitrogen and oxygen atoms in total. The van der Waals surface area contributed by atoms with Crippen LogP contribution in [0.25, 0.3) is 0 Å². The third-order valence-corrected chi connectivity index (χ3v) is 3.26. The van der Waals surface area contributed by atoms with Gasteiger partial charge in [-0.1, -0.05) is 17.8 Å². The standard InChI is InChI=1S/C9H7FN2S2/c1-13-9(12-6-11)14-8-4-2-3-7(10)5-8/h2-5H,1H3. The second kappa shape index (κ2) is 5.68. The fraction of sp³-hybridized carbons (Fsp3) is 0.111. The summed E-state index contributed by atoms with van der Waals surface area (Å²) in [7, 11) is 0. The zero-order valence-corrected chi connectivity index (χ0v) is 9.03. The first-order chi connectivity index (χ1) is 6.76. The largest absolute Gasteiger partial charge is 0.207 e. The van der Waals surface area contributed by atoms with Gasteiger partial charge in [0.1, 0.15) is 10.2 Å². The summed E-state index contributed by atoms with van der Waals surface area (Å²) in [5, 5.41) is 8.36. The van der Waals surface area contributed by atoms with Crippen molar-refractivity contribution in [3.8, 4) is 6.19 Å². The minimum atomic E-state index is -0.285. The van der Waals surface area contributed by atoms with Gasteiger partial charge in [-0.2, -0.15) is 10.3 Å². The van der Waals surface area contributed by atoms with Crippen LogP contribution in [0.1, 0.15) is 0 Å². The number of hydrogen-bond acceptors (Lipinski definition) is 4. The van der Waals surface area contributed by atoms with Gasteiger partial charge in [-0.05, 0) is 24.5 Å². The van der Waals surface area contributed by atoms with Gasteiger partial charge in [-0.3, -0.25) is 0 Å². The van der Waals surface area contributed by atoms with Crippen molar-refractivity contribution < 1.29 is 4.39 Å². The van der Waals surface area contributed by atoms with E-state index in [0.717, 1.165) is 4.90 Å². The van der Waals surface area contributed by atoms with Crippen LogP contribution in [0, 0.1) is 17.3 Å². The average molecular weight is 226 g/mol. The predicted octanol–water partition coefficient (Wildman–Crippen LogP) is 3.12. The van der Waals surface area contributed by atoms with Gasteiger partial charge in [-0.25, -0.2) is 4.39 Å². The molecule has 0 aliphatic rings. The summed E-state index contributed by atoms with van der Waals surface area (Å²) >= 11 is 2.64. The Bertz CT molecular complexity index is 385. The molecular weight excluding hydrogens is 219 g/mol. The van der Waals surface area contributed by atoms with E-state index in [-0.39, 0.29) is 5.82 Å². The van der Waals surface area contributed by atoms with E-state index in [1.807, 2.05) is 6.26 Å². The molecule has 0 atom stereocenters. The first-order valence-electron chi connectivity index (χ1n) is 3.70. The van der Waals surface area contributed by atoms with E-state index in [1.54, 1.807) is 18.3 Å². The molecule has 0 amide bonds. The van der Waals surface area contributed by atoms with Gasteiger partial charge in [0.15, 0.2) is 0 Å². The fourth-order valence-electron chi connectivity index (χ4n) is 0.782. The van der Waals surface area contributed by atoms with E-state index < -0.39 is 0 Å². The van der Waals surface area contributed by atoms with Crippen LogP contribution < -0.4 is 0 Å². The third-order valence-electron chi connectivity index (χ3n) is 1.32. The summed E-state index contributed by atoms with van der Waals surface area (Å²) in [6.07, 6.45) is 3.53. The molecule has 14 heavy (non-hydrogen) atoms. The van der Waals surface area contributed by atoms with Crippen molar-refractivity contribution in [2.75, 3.05) is 6.26 Å². The van der Waals surface area contributed by atoms with Gasteiger partial charge >= 0.3 is 0 Å². The number of benzene rings is 1. The highest BCUT2D eigenvalue weighted by atomic mass is 32.2. The van der Waals surface area contributed by atoms with Crippen molar-refractivity contribution in [2.45, 2.75) is 4.90 Å². The molecule has 1 aromatic rings. The van der Waals surface area contributed by atoms with Crippen molar-refractivity contribution in [2.24, 2.45) is 4.99 Å². The molecule has 0 saturated carbocycles. The molecule has 0 saturated heterocycles. The van der Waals surface area contributed by atoms with Crippen LogP contribution in [0.5, 0.6) is 0 Å². The van der Waals surface area contributed by atoms with E-state index in [0.29, 0.717) is 4.38 Å². The molecule has 0 radical (unpaired) electrons. The highest BCUT2D eigenvalue weighted by molar-refractivity contribution is 8.38. The van der Waals surface area contributed by atoms with Crippen molar-refractivity contribution in [1.82, 2.24) is 0 Å². The zero-order valence-electron chi connectivity index (χ0n) is 7.40. The summed E-state index contributed by atoms with van der Waals surface area (Å²) in [6, 6.07) is 6.19. The molecule has 5 heteroatoms. The van der Waals surface area contributed by atoms with Crippen molar-refractivity contribution in [3.63, 3.8) is 0 Å². The molecule has 1 rings (SSSR count). The van der Waals surface area contributed by atoms with Crippen LogP contribution in [-0.4, -0.2) is 10.6 Å². The predicted molar refractivity (Wildman–Crippen MR) is 58.8 cm³/mol. The van der Waals surface area contributed by atoms with Gasteiger partial charge in [0.25, 0.3) is 0 Å². The van der Waals surface area contributed by atoms with E-state index in [9.17, 15) is 4.39 Å². The molecule has 0 heterocycles. The van der Waals surface area contributed by atoms with E-state index >= 15 is 0 Å². The highest BCUT2D eigenvalue weighted by Crippen LogP contribution is 2.24. The Morgan fingerprint density at radius 2 is 2.36 bits per heavy atom. The Hall–Kier alpha value is -0.990. The van der Waals surface area contributed by atoms with E-state index in [1.165, 1.54) is 35.7 Å². The molecule has 0 N–H and O–H groups in total. The lowest BCUT2D eigenvalue weighted by Gasteiger charge is -2.00. The summed E-state index contributed by atoms with van der Waals surface area (Å²) < 4.78 is 13.4. The Labute approximate surface area is 90.2 Å².